The number of fused-ring (bicyclic) bond motifs is 2. The van der Waals surface area contributed by atoms with Crippen molar-refractivity contribution >= 4 is 17.9 Å². The number of ether oxygens (including phenoxy) is 3. The third-order valence-corrected chi connectivity index (χ3v) is 7.17. The molecule has 1 saturated heterocycles. The van der Waals surface area contributed by atoms with Crippen molar-refractivity contribution in [1.82, 2.24) is 0 Å². The Hall–Kier alpha value is -1.59. The molecule has 0 aromatic heterocycles. The van der Waals surface area contributed by atoms with Crippen molar-refractivity contribution in [3.05, 3.63) is 0 Å². The molecule has 4 rings (SSSR count). The summed E-state index contributed by atoms with van der Waals surface area (Å²) in [5.41, 5.74) is -1.82. The van der Waals surface area contributed by atoms with E-state index in [1.807, 2.05) is 0 Å². The second-order valence-corrected chi connectivity index (χ2v) is 9.21. The first-order valence-corrected chi connectivity index (χ1v) is 9.11. The van der Waals surface area contributed by atoms with Crippen LogP contribution in [0.15, 0.2) is 0 Å². The fourth-order valence-electron chi connectivity index (χ4n) is 6.67. The number of esters is 3. The summed E-state index contributed by atoms with van der Waals surface area (Å²) < 4.78 is 16.7. The molecule has 0 radical (unpaired) electrons. The molecule has 138 valence electrons. The first kappa shape index (κ1) is 16.9. The Balaban J connectivity index is 1.81. The molecular weight excluding hydrogens is 324 g/mol. The molecular formula is C19H26O6. The molecule has 25 heavy (non-hydrogen) atoms. The molecule has 0 aromatic carbocycles. The van der Waals surface area contributed by atoms with E-state index in [2.05, 4.69) is 20.8 Å². The summed E-state index contributed by atoms with van der Waals surface area (Å²) in [6.45, 7) is 9.49. The standard InChI is InChI=1S/C19H26O6/c1-9-12-6-17(4,5)7-13(12)15(24-10(2)20)18-8-23-16(22)19(18,14(9)18)25-11(3)21/h9,12-15H,6-8H2,1-5H3/t9-,12-,13-,14-,15+,18-,19+/m1/s1. The van der Waals surface area contributed by atoms with Crippen LogP contribution < -0.4 is 0 Å². The Labute approximate surface area is 147 Å². The van der Waals surface area contributed by atoms with Crippen LogP contribution in [0.5, 0.6) is 0 Å². The van der Waals surface area contributed by atoms with Crippen molar-refractivity contribution in [3.63, 3.8) is 0 Å². The van der Waals surface area contributed by atoms with Crippen LogP contribution in [0.3, 0.4) is 0 Å². The Kier molecular flexibility index (Phi) is 3.22. The van der Waals surface area contributed by atoms with Gasteiger partial charge < -0.3 is 14.2 Å². The smallest absolute Gasteiger partial charge is 0.351 e. The average Bonchev–Trinajstić information content (AvgIpc) is 2.75. The number of carbonyl (C=O) groups excluding carboxylic acids is 3. The molecule has 1 heterocycles. The van der Waals surface area contributed by atoms with E-state index in [0.717, 1.165) is 12.8 Å². The quantitative estimate of drug-likeness (QED) is 0.560. The molecule has 3 aliphatic carbocycles. The predicted octanol–water partition coefficient (Wildman–Crippen LogP) is 2.10. The van der Waals surface area contributed by atoms with Gasteiger partial charge in [0.15, 0.2) is 0 Å². The van der Waals surface area contributed by atoms with Crippen LogP contribution >= 0.6 is 0 Å². The maximum absolute atomic E-state index is 12.6. The van der Waals surface area contributed by atoms with Crippen molar-refractivity contribution in [3.8, 4) is 0 Å². The lowest BCUT2D eigenvalue weighted by atomic mass is 9.68. The van der Waals surface area contributed by atoms with E-state index in [4.69, 9.17) is 14.2 Å². The van der Waals surface area contributed by atoms with Crippen LogP contribution in [0.4, 0.5) is 0 Å². The molecule has 4 fully saturated rings. The second-order valence-electron chi connectivity index (χ2n) is 9.21. The summed E-state index contributed by atoms with van der Waals surface area (Å²) in [5, 5.41) is 0. The minimum Gasteiger partial charge on any atom is -0.462 e. The molecule has 0 amide bonds. The molecule has 6 nitrogen and oxygen atoms in total. The van der Waals surface area contributed by atoms with Gasteiger partial charge in [-0.3, -0.25) is 9.59 Å². The fraction of sp³-hybridized carbons (Fsp3) is 0.842. The molecule has 0 bridgehead atoms. The summed E-state index contributed by atoms with van der Waals surface area (Å²) in [7, 11) is 0. The van der Waals surface area contributed by atoms with E-state index in [1.54, 1.807) is 0 Å². The van der Waals surface area contributed by atoms with Gasteiger partial charge in [0.1, 0.15) is 18.1 Å². The number of cyclic esters (lactones) is 1. The van der Waals surface area contributed by atoms with Gasteiger partial charge in [0.2, 0.25) is 5.60 Å². The zero-order chi connectivity index (χ0) is 18.4. The average molecular weight is 350 g/mol. The predicted molar refractivity (Wildman–Crippen MR) is 86.1 cm³/mol. The van der Waals surface area contributed by atoms with Gasteiger partial charge in [-0.25, -0.2) is 4.79 Å². The summed E-state index contributed by atoms with van der Waals surface area (Å²) in [5.74, 6) is -0.741. The van der Waals surface area contributed by atoms with Crippen LogP contribution in [0.2, 0.25) is 0 Å². The highest BCUT2D eigenvalue weighted by molar-refractivity contribution is 5.92. The highest BCUT2D eigenvalue weighted by Gasteiger charge is 2.95. The lowest BCUT2D eigenvalue weighted by Gasteiger charge is -2.40. The molecule has 3 saturated carbocycles. The fourth-order valence-corrected chi connectivity index (χ4v) is 6.67. The van der Waals surface area contributed by atoms with Gasteiger partial charge in [-0.05, 0) is 30.1 Å². The number of carbonyl (C=O) groups is 3. The molecule has 7 atom stereocenters. The first-order valence-electron chi connectivity index (χ1n) is 9.11. The van der Waals surface area contributed by atoms with Gasteiger partial charge >= 0.3 is 17.9 Å². The van der Waals surface area contributed by atoms with E-state index >= 15 is 0 Å². The van der Waals surface area contributed by atoms with E-state index in [-0.39, 0.29) is 35.7 Å². The molecule has 0 unspecified atom stereocenters. The normalized spacial score (nSPS) is 48.7. The number of hydrogen-bond donors (Lipinski definition) is 0. The zero-order valence-electron chi connectivity index (χ0n) is 15.5. The van der Waals surface area contributed by atoms with Gasteiger partial charge in [-0.1, -0.05) is 20.8 Å². The SMILES string of the molecule is CC(=O)O[C@H]1[C@@H]2CC(C)(C)C[C@@H]2[C@@H](C)[C@@H]2[C@]13COC(=O)[C@@]23OC(C)=O. The van der Waals surface area contributed by atoms with Crippen molar-refractivity contribution < 1.29 is 28.6 Å². The Morgan fingerprint density at radius 3 is 2.36 bits per heavy atom. The van der Waals surface area contributed by atoms with Gasteiger partial charge in [0.25, 0.3) is 0 Å². The van der Waals surface area contributed by atoms with Crippen molar-refractivity contribution in [2.24, 2.45) is 34.5 Å². The minimum absolute atomic E-state index is 0.135. The summed E-state index contributed by atoms with van der Waals surface area (Å²) in [6, 6.07) is 0. The highest BCUT2D eigenvalue weighted by Crippen LogP contribution is 2.79. The molecule has 0 N–H and O–H groups in total. The van der Waals surface area contributed by atoms with Crippen molar-refractivity contribution in [2.75, 3.05) is 6.61 Å². The first-order chi connectivity index (χ1) is 11.6. The molecule has 4 aliphatic rings. The van der Waals surface area contributed by atoms with Crippen LogP contribution in [0.25, 0.3) is 0 Å². The maximum atomic E-state index is 12.6. The monoisotopic (exact) mass is 350 g/mol. The van der Waals surface area contributed by atoms with Crippen LogP contribution in [-0.4, -0.2) is 36.2 Å². The van der Waals surface area contributed by atoms with Gasteiger partial charge in [-0.2, -0.15) is 0 Å². The van der Waals surface area contributed by atoms with E-state index in [0.29, 0.717) is 5.92 Å². The lowest BCUT2D eigenvalue weighted by molar-refractivity contribution is -0.167. The summed E-state index contributed by atoms with van der Waals surface area (Å²) in [6.07, 6.45) is 1.51. The molecule has 6 heteroatoms. The van der Waals surface area contributed by atoms with E-state index in [9.17, 15) is 14.4 Å². The minimum atomic E-state index is -1.27. The Morgan fingerprint density at radius 2 is 1.76 bits per heavy atom. The lowest BCUT2D eigenvalue weighted by Crippen LogP contribution is -2.46. The van der Waals surface area contributed by atoms with Gasteiger partial charge in [0, 0.05) is 25.7 Å². The van der Waals surface area contributed by atoms with Gasteiger partial charge in [0.05, 0.1) is 0 Å². The molecule has 0 aromatic rings. The number of rotatable bonds is 2. The summed E-state index contributed by atoms with van der Waals surface area (Å²) >= 11 is 0. The molecule has 1 spiro atoms. The highest BCUT2D eigenvalue weighted by atomic mass is 16.6. The topological polar surface area (TPSA) is 78.9 Å². The Morgan fingerprint density at radius 1 is 1.12 bits per heavy atom. The van der Waals surface area contributed by atoms with Crippen LogP contribution in [-0.2, 0) is 28.6 Å². The summed E-state index contributed by atoms with van der Waals surface area (Å²) in [4.78, 5) is 36.2. The Bertz CT molecular complexity index is 669. The maximum Gasteiger partial charge on any atom is 0.351 e. The van der Waals surface area contributed by atoms with Crippen molar-refractivity contribution in [2.45, 2.75) is 59.2 Å². The van der Waals surface area contributed by atoms with E-state index in [1.165, 1.54) is 13.8 Å². The van der Waals surface area contributed by atoms with Crippen molar-refractivity contribution in [1.29, 1.82) is 0 Å². The largest absolute Gasteiger partial charge is 0.462 e. The van der Waals surface area contributed by atoms with Crippen LogP contribution in [0, 0.1) is 34.5 Å². The second kappa shape index (κ2) is 4.77. The third-order valence-electron chi connectivity index (χ3n) is 7.17. The van der Waals surface area contributed by atoms with E-state index < -0.39 is 29.1 Å². The third kappa shape index (κ3) is 1.88. The van der Waals surface area contributed by atoms with Crippen LogP contribution in [0.1, 0.15) is 47.5 Å². The number of hydrogen-bond acceptors (Lipinski definition) is 6. The zero-order valence-corrected chi connectivity index (χ0v) is 15.5. The molecule has 1 aliphatic heterocycles. The van der Waals surface area contributed by atoms with Gasteiger partial charge in [-0.15, -0.1) is 0 Å².